The highest BCUT2D eigenvalue weighted by Crippen LogP contribution is 2.35. The van der Waals surface area contributed by atoms with E-state index in [1.807, 2.05) is 0 Å². The van der Waals surface area contributed by atoms with Gasteiger partial charge in [0.25, 0.3) is 0 Å². The molecule has 2 aromatic heterocycles. The van der Waals surface area contributed by atoms with Crippen LogP contribution in [0.5, 0.6) is 0 Å². The number of nitrogens with one attached hydrogen (secondary N) is 3. The molecule has 0 atom stereocenters. The average molecular weight is 406 g/mol. The van der Waals surface area contributed by atoms with Gasteiger partial charge in [0.2, 0.25) is 11.6 Å². The third-order valence-electron chi connectivity index (χ3n) is 4.51. The molecule has 10 heteroatoms. The molecule has 0 aromatic carbocycles. The fraction of sp³-hybridized carbons (Fsp3) is 0.500. The van der Waals surface area contributed by atoms with Gasteiger partial charge in [0.05, 0.1) is 9.95 Å². The largest absolute Gasteiger partial charge is 0.361 e. The number of hydrogen-bond donors (Lipinski definition) is 3. The Morgan fingerprint density at radius 1 is 1.14 bits per heavy atom. The Bertz CT molecular complexity index is 855. The number of piperidine rings is 1. The molecule has 28 heavy (non-hydrogen) atoms. The Balaban J connectivity index is 1.89. The Labute approximate surface area is 168 Å². The van der Waals surface area contributed by atoms with Gasteiger partial charge in [-0.05, 0) is 52.7 Å². The van der Waals surface area contributed by atoms with E-state index in [0.29, 0.717) is 10.8 Å². The van der Waals surface area contributed by atoms with E-state index in [4.69, 9.17) is 11.6 Å². The number of halogens is 1. The van der Waals surface area contributed by atoms with Gasteiger partial charge in [-0.25, -0.2) is 15.0 Å². The standard InChI is InChI=1S/C18H24ClN7O2/c1-17(2)7-12(8-18(3,4)25-17)23-15-14(26(27)28)16(22-10-21-15)24-13-6-5-11(19)9-20-13/h5-6,9-10,12,25H,7-8H2,1-4H3,(H2,20,21,22,23,24). The van der Waals surface area contributed by atoms with Crippen molar-refractivity contribution in [3.05, 3.63) is 39.8 Å². The van der Waals surface area contributed by atoms with Crippen molar-refractivity contribution >= 4 is 34.7 Å². The molecule has 3 rings (SSSR count). The molecule has 1 saturated heterocycles. The van der Waals surface area contributed by atoms with Crippen molar-refractivity contribution in [2.24, 2.45) is 0 Å². The number of pyridine rings is 1. The van der Waals surface area contributed by atoms with Crippen LogP contribution in [0.2, 0.25) is 5.02 Å². The van der Waals surface area contributed by atoms with Crippen molar-refractivity contribution in [3.63, 3.8) is 0 Å². The minimum Gasteiger partial charge on any atom is -0.361 e. The predicted molar refractivity (Wildman–Crippen MR) is 109 cm³/mol. The zero-order chi connectivity index (χ0) is 20.5. The van der Waals surface area contributed by atoms with Crippen LogP contribution in [0.15, 0.2) is 24.7 Å². The molecule has 0 bridgehead atoms. The van der Waals surface area contributed by atoms with Gasteiger partial charge >= 0.3 is 5.69 Å². The van der Waals surface area contributed by atoms with E-state index in [2.05, 4.69) is 58.6 Å². The van der Waals surface area contributed by atoms with Crippen LogP contribution >= 0.6 is 11.6 Å². The zero-order valence-corrected chi connectivity index (χ0v) is 17.0. The first kappa shape index (κ1) is 20.2. The molecule has 0 spiro atoms. The fourth-order valence-electron chi connectivity index (χ4n) is 3.94. The fourth-order valence-corrected chi connectivity index (χ4v) is 4.05. The normalized spacial score (nSPS) is 18.5. The first-order valence-electron chi connectivity index (χ1n) is 8.98. The Morgan fingerprint density at radius 2 is 1.79 bits per heavy atom. The smallest absolute Gasteiger partial charge is 0.353 e. The molecule has 3 heterocycles. The molecule has 0 radical (unpaired) electrons. The van der Waals surface area contributed by atoms with Crippen molar-refractivity contribution in [2.75, 3.05) is 10.6 Å². The van der Waals surface area contributed by atoms with E-state index in [-0.39, 0.29) is 34.4 Å². The number of nitrogens with zero attached hydrogens (tertiary/aromatic N) is 4. The minimum absolute atomic E-state index is 0.0290. The zero-order valence-electron chi connectivity index (χ0n) is 16.3. The molecule has 0 unspecified atom stereocenters. The third-order valence-corrected chi connectivity index (χ3v) is 4.73. The summed E-state index contributed by atoms with van der Waals surface area (Å²) in [7, 11) is 0. The van der Waals surface area contributed by atoms with Crippen LogP contribution in [0.25, 0.3) is 0 Å². The number of hydrogen-bond acceptors (Lipinski definition) is 8. The molecular formula is C18H24ClN7O2. The van der Waals surface area contributed by atoms with Crippen LogP contribution in [-0.4, -0.2) is 37.0 Å². The van der Waals surface area contributed by atoms with Gasteiger partial charge in [-0.2, -0.15) is 0 Å². The highest BCUT2D eigenvalue weighted by Gasteiger charge is 2.38. The van der Waals surface area contributed by atoms with Crippen LogP contribution < -0.4 is 16.0 Å². The van der Waals surface area contributed by atoms with Gasteiger partial charge in [0.15, 0.2) is 0 Å². The number of rotatable bonds is 5. The molecule has 1 fully saturated rings. The van der Waals surface area contributed by atoms with Crippen LogP contribution in [0.3, 0.4) is 0 Å². The number of nitro groups is 1. The van der Waals surface area contributed by atoms with Crippen molar-refractivity contribution in [2.45, 2.75) is 57.7 Å². The van der Waals surface area contributed by atoms with E-state index in [9.17, 15) is 10.1 Å². The summed E-state index contributed by atoms with van der Waals surface area (Å²) in [5.41, 5.74) is -0.418. The van der Waals surface area contributed by atoms with E-state index in [0.717, 1.165) is 12.8 Å². The van der Waals surface area contributed by atoms with Gasteiger partial charge in [-0.15, -0.1) is 0 Å². The van der Waals surface area contributed by atoms with E-state index in [1.54, 1.807) is 12.1 Å². The van der Waals surface area contributed by atoms with Crippen molar-refractivity contribution < 1.29 is 4.92 Å². The Kier molecular flexibility index (Phi) is 5.40. The molecule has 0 amide bonds. The highest BCUT2D eigenvalue weighted by molar-refractivity contribution is 6.30. The summed E-state index contributed by atoms with van der Waals surface area (Å²) >= 11 is 5.84. The molecule has 0 saturated carbocycles. The second kappa shape index (κ2) is 7.48. The maximum absolute atomic E-state index is 11.8. The van der Waals surface area contributed by atoms with Gasteiger partial charge in [-0.1, -0.05) is 11.6 Å². The van der Waals surface area contributed by atoms with Crippen molar-refractivity contribution in [1.82, 2.24) is 20.3 Å². The van der Waals surface area contributed by atoms with Crippen LogP contribution in [0, 0.1) is 10.1 Å². The number of aromatic nitrogens is 3. The third kappa shape index (κ3) is 4.85. The predicted octanol–water partition coefficient (Wildman–Crippen LogP) is 3.90. The summed E-state index contributed by atoms with van der Waals surface area (Å²) in [6.07, 6.45) is 4.36. The monoisotopic (exact) mass is 405 g/mol. The van der Waals surface area contributed by atoms with E-state index in [1.165, 1.54) is 12.5 Å². The van der Waals surface area contributed by atoms with Crippen molar-refractivity contribution in [1.29, 1.82) is 0 Å². The summed E-state index contributed by atoms with van der Waals surface area (Å²) in [5.74, 6) is 0.668. The second-order valence-corrected chi connectivity index (χ2v) is 8.74. The topological polar surface area (TPSA) is 118 Å². The van der Waals surface area contributed by atoms with Crippen LogP contribution in [0.4, 0.5) is 23.1 Å². The van der Waals surface area contributed by atoms with Gasteiger partial charge in [0.1, 0.15) is 12.1 Å². The Morgan fingerprint density at radius 3 is 2.36 bits per heavy atom. The lowest BCUT2D eigenvalue weighted by Crippen LogP contribution is -2.60. The number of anilines is 3. The molecule has 9 nitrogen and oxygen atoms in total. The van der Waals surface area contributed by atoms with Gasteiger partial charge in [0, 0.05) is 23.3 Å². The maximum atomic E-state index is 11.8. The lowest BCUT2D eigenvalue weighted by atomic mass is 9.79. The SMILES string of the molecule is CC1(C)CC(Nc2ncnc(Nc3ccc(Cl)cn3)c2[N+](=O)[O-])CC(C)(C)N1. The quantitative estimate of drug-likeness (QED) is 0.506. The lowest BCUT2D eigenvalue weighted by molar-refractivity contribution is -0.383. The van der Waals surface area contributed by atoms with Gasteiger partial charge in [-0.3, -0.25) is 10.1 Å². The van der Waals surface area contributed by atoms with Crippen LogP contribution in [-0.2, 0) is 0 Å². The van der Waals surface area contributed by atoms with Crippen molar-refractivity contribution in [3.8, 4) is 0 Å². The molecule has 0 aliphatic carbocycles. The molecule has 1 aliphatic rings. The summed E-state index contributed by atoms with van der Waals surface area (Å²) in [6.45, 7) is 8.48. The van der Waals surface area contributed by atoms with Crippen LogP contribution in [0.1, 0.15) is 40.5 Å². The summed E-state index contributed by atoms with van der Waals surface area (Å²) in [5, 5.41) is 22.0. The minimum atomic E-state index is -0.488. The van der Waals surface area contributed by atoms with Gasteiger partial charge < -0.3 is 16.0 Å². The van der Waals surface area contributed by atoms with E-state index < -0.39 is 4.92 Å². The average Bonchev–Trinajstić information content (AvgIpc) is 2.54. The first-order valence-corrected chi connectivity index (χ1v) is 9.36. The molecule has 150 valence electrons. The summed E-state index contributed by atoms with van der Waals surface area (Å²) in [6, 6.07) is 3.29. The maximum Gasteiger partial charge on any atom is 0.353 e. The second-order valence-electron chi connectivity index (χ2n) is 8.31. The lowest BCUT2D eigenvalue weighted by Gasteiger charge is -2.46. The summed E-state index contributed by atoms with van der Waals surface area (Å²) < 4.78 is 0. The van der Waals surface area contributed by atoms with E-state index >= 15 is 0 Å². The molecule has 2 aromatic rings. The highest BCUT2D eigenvalue weighted by atomic mass is 35.5. The first-order chi connectivity index (χ1) is 13.0. The molecular weight excluding hydrogens is 382 g/mol. The molecule has 1 aliphatic heterocycles. The summed E-state index contributed by atoms with van der Waals surface area (Å²) in [4.78, 5) is 23.6. The Hall–Kier alpha value is -2.52. The molecule has 3 N–H and O–H groups in total.